The summed E-state index contributed by atoms with van der Waals surface area (Å²) in [7, 11) is 3.60. The molecule has 6 heteroatoms. The number of amides is 2. The number of hydrogen-bond acceptors (Lipinski definition) is 3. The van der Waals surface area contributed by atoms with E-state index in [2.05, 4.69) is 0 Å². The number of para-hydroxylation sites is 2. The van der Waals surface area contributed by atoms with E-state index in [9.17, 15) is 9.59 Å². The van der Waals surface area contributed by atoms with Crippen molar-refractivity contribution in [3.8, 4) is 5.75 Å². The van der Waals surface area contributed by atoms with Gasteiger partial charge in [-0.3, -0.25) is 9.59 Å². The van der Waals surface area contributed by atoms with Crippen molar-refractivity contribution in [2.75, 3.05) is 33.3 Å². The molecule has 6 nitrogen and oxygen atoms in total. The number of ether oxygens (including phenoxy) is 1. The number of nitrogens with zero attached hydrogens (tertiary/aromatic N) is 3. The molecule has 30 heavy (non-hydrogen) atoms. The second-order valence-corrected chi connectivity index (χ2v) is 7.66. The number of aryl methyl sites for hydroxylation is 2. The van der Waals surface area contributed by atoms with E-state index in [1.807, 2.05) is 76.1 Å². The van der Waals surface area contributed by atoms with Crippen LogP contribution >= 0.6 is 0 Å². The highest BCUT2D eigenvalue weighted by atomic mass is 16.5. The molecule has 1 aliphatic heterocycles. The minimum Gasteiger partial charge on any atom is -0.496 e. The second kappa shape index (κ2) is 8.61. The van der Waals surface area contributed by atoms with E-state index in [1.165, 1.54) is 0 Å². The van der Waals surface area contributed by atoms with Crippen LogP contribution in [0.4, 0.5) is 0 Å². The molecule has 0 radical (unpaired) electrons. The molecule has 0 N–H and O–H groups in total. The lowest BCUT2D eigenvalue weighted by Gasteiger charge is -2.34. The van der Waals surface area contributed by atoms with Crippen molar-refractivity contribution in [2.24, 2.45) is 7.05 Å². The van der Waals surface area contributed by atoms with Gasteiger partial charge in [0.15, 0.2) is 0 Å². The number of carbonyl (C=O) groups is 2. The standard InChI is InChI=1S/C24H27N3O3/c1-25-17-20(19-8-4-5-9-21(19)25)24(29)27-15-13-26(14-16-27)23(28)12-11-18-7-3-6-10-22(18)30-2/h3-10,17H,11-16H2,1-2H3. The highest BCUT2D eigenvalue weighted by molar-refractivity contribution is 6.07. The van der Waals surface area contributed by atoms with Gasteiger partial charge in [-0.25, -0.2) is 0 Å². The lowest BCUT2D eigenvalue weighted by atomic mass is 10.1. The Kier molecular flexibility index (Phi) is 5.74. The van der Waals surface area contributed by atoms with Crippen molar-refractivity contribution in [3.05, 3.63) is 65.9 Å². The minimum absolute atomic E-state index is 0.0351. The van der Waals surface area contributed by atoms with Crippen LogP contribution < -0.4 is 4.74 Å². The van der Waals surface area contributed by atoms with Gasteiger partial charge in [0, 0.05) is 56.7 Å². The predicted octanol–water partition coefficient (Wildman–Crippen LogP) is 3.10. The third kappa shape index (κ3) is 3.90. The van der Waals surface area contributed by atoms with Gasteiger partial charge >= 0.3 is 0 Å². The second-order valence-electron chi connectivity index (χ2n) is 7.66. The van der Waals surface area contributed by atoms with Crippen molar-refractivity contribution < 1.29 is 14.3 Å². The van der Waals surface area contributed by atoms with Gasteiger partial charge in [0.1, 0.15) is 5.75 Å². The molecule has 0 aliphatic carbocycles. The van der Waals surface area contributed by atoms with Crippen LogP contribution in [0.25, 0.3) is 10.9 Å². The number of benzene rings is 2. The van der Waals surface area contributed by atoms with Crippen LogP contribution in [0.1, 0.15) is 22.3 Å². The first-order valence-electron chi connectivity index (χ1n) is 10.3. The van der Waals surface area contributed by atoms with Crippen LogP contribution in [0.3, 0.4) is 0 Å². The van der Waals surface area contributed by atoms with Crippen molar-refractivity contribution in [1.82, 2.24) is 14.4 Å². The number of rotatable bonds is 5. The largest absolute Gasteiger partial charge is 0.496 e. The zero-order valence-electron chi connectivity index (χ0n) is 17.5. The average molecular weight is 405 g/mol. The number of fused-ring (bicyclic) bond motifs is 1. The molecule has 3 aromatic rings. The summed E-state index contributed by atoms with van der Waals surface area (Å²) >= 11 is 0. The molecule has 4 rings (SSSR count). The smallest absolute Gasteiger partial charge is 0.256 e. The van der Waals surface area contributed by atoms with Gasteiger partial charge in [-0.05, 0) is 24.1 Å². The first kappa shape index (κ1) is 20.0. The van der Waals surface area contributed by atoms with Gasteiger partial charge in [0.25, 0.3) is 5.91 Å². The van der Waals surface area contributed by atoms with Gasteiger partial charge < -0.3 is 19.1 Å². The number of methoxy groups -OCH3 is 1. The monoisotopic (exact) mass is 405 g/mol. The number of hydrogen-bond donors (Lipinski definition) is 0. The molecule has 0 atom stereocenters. The summed E-state index contributed by atoms with van der Waals surface area (Å²) in [4.78, 5) is 29.5. The molecule has 2 amide bonds. The van der Waals surface area contributed by atoms with Crippen molar-refractivity contribution >= 4 is 22.7 Å². The molecule has 1 saturated heterocycles. The Morgan fingerprint density at radius 2 is 1.60 bits per heavy atom. The van der Waals surface area contributed by atoms with Gasteiger partial charge in [-0.2, -0.15) is 0 Å². The fourth-order valence-corrected chi connectivity index (χ4v) is 4.15. The first-order chi connectivity index (χ1) is 14.6. The molecule has 0 bridgehead atoms. The van der Waals surface area contributed by atoms with Crippen LogP contribution in [0.2, 0.25) is 0 Å². The van der Waals surface area contributed by atoms with Gasteiger partial charge in [0.2, 0.25) is 5.91 Å². The normalized spacial score (nSPS) is 14.2. The maximum Gasteiger partial charge on any atom is 0.256 e. The van der Waals surface area contributed by atoms with Gasteiger partial charge in [-0.1, -0.05) is 36.4 Å². The maximum absolute atomic E-state index is 13.1. The van der Waals surface area contributed by atoms with E-state index >= 15 is 0 Å². The molecule has 1 aliphatic rings. The predicted molar refractivity (Wildman–Crippen MR) is 117 cm³/mol. The first-order valence-corrected chi connectivity index (χ1v) is 10.3. The SMILES string of the molecule is COc1ccccc1CCC(=O)N1CCN(C(=O)c2cn(C)c3ccccc23)CC1. The fourth-order valence-electron chi connectivity index (χ4n) is 4.15. The van der Waals surface area contributed by atoms with Crippen molar-refractivity contribution in [2.45, 2.75) is 12.8 Å². The van der Waals surface area contributed by atoms with Crippen LogP contribution in [-0.2, 0) is 18.3 Å². The topological polar surface area (TPSA) is 54.8 Å². The van der Waals surface area contributed by atoms with Crippen molar-refractivity contribution in [1.29, 1.82) is 0 Å². The lowest BCUT2D eigenvalue weighted by molar-refractivity contribution is -0.132. The van der Waals surface area contributed by atoms with Gasteiger partial charge in [0.05, 0.1) is 12.7 Å². The highest BCUT2D eigenvalue weighted by Gasteiger charge is 2.26. The van der Waals surface area contributed by atoms with Crippen LogP contribution in [-0.4, -0.2) is 59.5 Å². The van der Waals surface area contributed by atoms with E-state index in [0.29, 0.717) is 39.0 Å². The van der Waals surface area contributed by atoms with Crippen LogP contribution in [0.5, 0.6) is 5.75 Å². The Morgan fingerprint density at radius 1 is 0.933 bits per heavy atom. The zero-order chi connectivity index (χ0) is 21.1. The number of carbonyl (C=O) groups excluding carboxylic acids is 2. The van der Waals surface area contributed by atoms with Crippen LogP contribution in [0, 0.1) is 0 Å². The maximum atomic E-state index is 13.1. The third-order valence-electron chi connectivity index (χ3n) is 5.85. The highest BCUT2D eigenvalue weighted by Crippen LogP contribution is 2.23. The summed E-state index contributed by atoms with van der Waals surface area (Å²) in [6.45, 7) is 2.26. The number of aromatic nitrogens is 1. The minimum atomic E-state index is 0.0351. The molecule has 1 aromatic heterocycles. The number of piperazine rings is 1. The molecule has 2 aromatic carbocycles. The third-order valence-corrected chi connectivity index (χ3v) is 5.85. The Labute approximate surface area is 176 Å². The zero-order valence-corrected chi connectivity index (χ0v) is 17.5. The molecule has 0 spiro atoms. The summed E-state index contributed by atoms with van der Waals surface area (Å²) in [5, 5.41) is 0.973. The van der Waals surface area contributed by atoms with Crippen molar-refractivity contribution in [3.63, 3.8) is 0 Å². The fraction of sp³-hybridized carbons (Fsp3) is 0.333. The molecular weight excluding hydrogens is 378 g/mol. The molecule has 0 saturated carbocycles. The average Bonchev–Trinajstić information content (AvgIpc) is 3.14. The summed E-state index contributed by atoms with van der Waals surface area (Å²) in [5.74, 6) is 0.974. The Morgan fingerprint density at radius 3 is 2.37 bits per heavy atom. The van der Waals surface area contributed by atoms with Gasteiger partial charge in [-0.15, -0.1) is 0 Å². The summed E-state index contributed by atoms with van der Waals surface area (Å²) in [6, 6.07) is 15.7. The molecule has 1 fully saturated rings. The quantitative estimate of drug-likeness (QED) is 0.655. The lowest BCUT2D eigenvalue weighted by Crippen LogP contribution is -2.50. The molecule has 0 unspecified atom stereocenters. The summed E-state index contributed by atoms with van der Waals surface area (Å²) < 4.78 is 7.35. The summed E-state index contributed by atoms with van der Waals surface area (Å²) in [6.07, 6.45) is 2.99. The molecule has 156 valence electrons. The van der Waals surface area contributed by atoms with E-state index in [0.717, 1.165) is 27.8 Å². The molecule has 2 heterocycles. The van der Waals surface area contributed by atoms with E-state index in [1.54, 1.807) is 7.11 Å². The van der Waals surface area contributed by atoms with Crippen LogP contribution in [0.15, 0.2) is 54.7 Å². The van der Waals surface area contributed by atoms with E-state index in [4.69, 9.17) is 4.74 Å². The molecular formula is C24H27N3O3. The Balaban J connectivity index is 1.35. The van der Waals surface area contributed by atoms with E-state index < -0.39 is 0 Å². The Hall–Kier alpha value is -3.28. The summed E-state index contributed by atoms with van der Waals surface area (Å²) in [5.41, 5.74) is 2.81. The van der Waals surface area contributed by atoms with E-state index in [-0.39, 0.29) is 11.8 Å². The Bertz CT molecular complexity index is 1060.